The van der Waals surface area contributed by atoms with Gasteiger partial charge in [0.25, 0.3) is 0 Å². The van der Waals surface area contributed by atoms with Crippen molar-refractivity contribution in [2.24, 2.45) is 0 Å². The molecule has 96 valence electrons. The number of methoxy groups -OCH3 is 1. The summed E-state index contributed by atoms with van der Waals surface area (Å²) in [4.78, 5) is 0.208. The highest BCUT2D eigenvalue weighted by Gasteiger charge is 2.08. The van der Waals surface area contributed by atoms with Crippen molar-refractivity contribution in [3.63, 3.8) is 0 Å². The van der Waals surface area contributed by atoms with E-state index in [1.807, 2.05) is 36.0 Å². The summed E-state index contributed by atoms with van der Waals surface area (Å²) in [7, 11) is 1.66. The van der Waals surface area contributed by atoms with Gasteiger partial charge in [0.2, 0.25) is 0 Å². The topological polar surface area (TPSA) is 39.9 Å². The summed E-state index contributed by atoms with van der Waals surface area (Å²) >= 11 is 7.00. The number of aromatic nitrogens is 3. The van der Waals surface area contributed by atoms with Crippen LogP contribution in [0, 0.1) is 0 Å². The summed E-state index contributed by atoms with van der Waals surface area (Å²) in [6.45, 7) is 2.68. The van der Waals surface area contributed by atoms with E-state index in [9.17, 15) is 0 Å². The van der Waals surface area contributed by atoms with Crippen LogP contribution >= 0.6 is 31.9 Å². The average molecular weight is 375 g/mol. The van der Waals surface area contributed by atoms with Crippen LogP contribution in [0.3, 0.4) is 0 Å². The molecule has 6 heteroatoms. The zero-order valence-corrected chi connectivity index (χ0v) is 13.3. The fourth-order valence-electron chi connectivity index (χ4n) is 1.55. The van der Waals surface area contributed by atoms with E-state index in [4.69, 9.17) is 4.74 Å². The summed E-state index contributed by atoms with van der Waals surface area (Å²) in [6.07, 6.45) is 1.94. The lowest BCUT2D eigenvalue weighted by Crippen LogP contribution is -2.01. The van der Waals surface area contributed by atoms with Crippen molar-refractivity contribution in [3.05, 3.63) is 40.1 Å². The van der Waals surface area contributed by atoms with Gasteiger partial charge in [-0.15, -0.1) is 5.10 Å². The number of nitrogens with zero attached hydrogens (tertiary/aromatic N) is 3. The first-order chi connectivity index (χ1) is 8.60. The van der Waals surface area contributed by atoms with Crippen LogP contribution in [0.4, 0.5) is 0 Å². The maximum absolute atomic E-state index is 5.22. The third-order valence-corrected chi connectivity index (χ3v) is 3.79. The number of benzene rings is 1. The highest BCUT2D eigenvalue weighted by molar-refractivity contribution is 9.10. The molecule has 1 aromatic carbocycles. The Morgan fingerprint density at radius 2 is 2.22 bits per heavy atom. The number of ether oxygens (including phenoxy) is 1. The van der Waals surface area contributed by atoms with Crippen LogP contribution in [0.5, 0.6) is 5.75 Å². The first-order valence-electron chi connectivity index (χ1n) is 5.46. The Kier molecular flexibility index (Phi) is 4.40. The highest BCUT2D eigenvalue weighted by atomic mass is 79.9. The van der Waals surface area contributed by atoms with Gasteiger partial charge in [0.05, 0.1) is 24.2 Å². The molecule has 1 aromatic heterocycles. The molecule has 0 amide bonds. The Labute approximate surface area is 123 Å². The smallest absolute Gasteiger partial charge is 0.119 e. The van der Waals surface area contributed by atoms with E-state index in [1.165, 1.54) is 0 Å². The Morgan fingerprint density at radius 3 is 2.83 bits per heavy atom. The molecule has 4 nitrogen and oxygen atoms in total. The summed E-state index contributed by atoms with van der Waals surface area (Å²) in [6, 6.07) is 5.88. The van der Waals surface area contributed by atoms with Crippen molar-refractivity contribution >= 4 is 31.9 Å². The van der Waals surface area contributed by atoms with Crippen molar-refractivity contribution in [1.82, 2.24) is 15.0 Å². The van der Waals surface area contributed by atoms with Crippen LogP contribution < -0.4 is 4.74 Å². The zero-order valence-electron chi connectivity index (χ0n) is 10.1. The highest BCUT2D eigenvalue weighted by Crippen LogP contribution is 2.24. The second-order valence-corrected chi connectivity index (χ2v) is 6.14. The number of halogens is 2. The minimum Gasteiger partial charge on any atom is -0.497 e. The van der Waals surface area contributed by atoms with E-state index in [-0.39, 0.29) is 4.83 Å². The van der Waals surface area contributed by atoms with E-state index >= 15 is 0 Å². The third-order valence-electron chi connectivity index (χ3n) is 2.55. The molecule has 0 aliphatic rings. The first-order valence-corrected chi connectivity index (χ1v) is 7.17. The van der Waals surface area contributed by atoms with E-state index in [1.54, 1.807) is 7.11 Å². The Balaban J connectivity index is 2.22. The van der Waals surface area contributed by atoms with Gasteiger partial charge in [-0.2, -0.15) is 0 Å². The molecule has 0 radical (unpaired) electrons. The molecule has 0 fully saturated rings. The van der Waals surface area contributed by atoms with E-state index < -0.39 is 0 Å². The predicted molar refractivity (Wildman–Crippen MR) is 77.2 cm³/mol. The summed E-state index contributed by atoms with van der Waals surface area (Å²) in [5.41, 5.74) is 2.03. The second-order valence-electron chi connectivity index (χ2n) is 3.91. The molecule has 18 heavy (non-hydrogen) atoms. The van der Waals surface area contributed by atoms with Crippen molar-refractivity contribution in [2.45, 2.75) is 18.3 Å². The minimum atomic E-state index is 0.208. The Morgan fingerprint density at radius 1 is 1.44 bits per heavy atom. The second kappa shape index (κ2) is 5.84. The molecule has 0 saturated carbocycles. The number of alkyl halides is 1. The molecule has 0 saturated heterocycles. The van der Waals surface area contributed by atoms with Crippen LogP contribution in [0.1, 0.15) is 23.0 Å². The molecule has 0 aliphatic heterocycles. The summed E-state index contributed by atoms with van der Waals surface area (Å²) in [5.74, 6) is 0.836. The number of hydrogen-bond donors (Lipinski definition) is 0. The van der Waals surface area contributed by atoms with Gasteiger partial charge in [-0.25, -0.2) is 4.68 Å². The van der Waals surface area contributed by atoms with E-state index in [2.05, 4.69) is 42.2 Å². The molecular weight excluding hydrogens is 362 g/mol. The van der Waals surface area contributed by atoms with E-state index in [0.717, 1.165) is 21.5 Å². The molecule has 2 rings (SSSR count). The number of rotatable bonds is 4. The maximum Gasteiger partial charge on any atom is 0.119 e. The lowest BCUT2D eigenvalue weighted by Gasteiger charge is -2.07. The Hall–Kier alpha value is -0.880. The molecule has 2 aromatic rings. The van der Waals surface area contributed by atoms with Crippen LogP contribution in [0.25, 0.3) is 0 Å². The van der Waals surface area contributed by atoms with Crippen LogP contribution in [0.2, 0.25) is 0 Å². The van der Waals surface area contributed by atoms with Gasteiger partial charge in [-0.1, -0.05) is 37.1 Å². The van der Waals surface area contributed by atoms with Gasteiger partial charge in [0.15, 0.2) is 0 Å². The minimum absolute atomic E-state index is 0.208. The molecular formula is C12H13Br2N3O. The van der Waals surface area contributed by atoms with Crippen LogP contribution in [0.15, 0.2) is 28.9 Å². The van der Waals surface area contributed by atoms with Crippen LogP contribution in [-0.4, -0.2) is 22.1 Å². The lowest BCUT2D eigenvalue weighted by molar-refractivity contribution is 0.414. The fourth-order valence-corrected chi connectivity index (χ4v) is 2.13. The Bertz CT molecular complexity index is 540. The van der Waals surface area contributed by atoms with Crippen molar-refractivity contribution < 1.29 is 4.74 Å². The SMILES string of the molecule is COc1ccc(Br)c(Cn2cc(C(C)Br)nn2)c1. The standard InChI is InChI=1S/C12H13Br2N3O/c1-8(13)12-7-17(16-15-12)6-9-5-10(18-2)3-4-11(9)14/h3-5,7-8H,6H2,1-2H3. The molecule has 1 heterocycles. The maximum atomic E-state index is 5.22. The summed E-state index contributed by atoms with van der Waals surface area (Å²) in [5, 5.41) is 8.21. The van der Waals surface area contributed by atoms with Crippen molar-refractivity contribution in [2.75, 3.05) is 7.11 Å². The predicted octanol–water partition coefficient (Wildman–Crippen LogP) is 3.55. The quantitative estimate of drug-likeness (QED) is 0.768. The van der Waals surface area contributed by atoms with Gasteiger partial charge >= 0.3 is 0 Å². The largest absolute Gasteiger partial charge is 0.497 e. The zero-order chi connectivity index (χ0) is 13.1. The van der Waals surface area contributed by atoms with Crippen LogP contribution in [-0.2, 0) is 6.54 Å². The molecule has 1 atom stereocenters. The van der Waals surface area contributed by atoms with Gasteiger partial charge < -0.3 is 4.74 Å². The molecule has 0 N–H and O–H groups in total. The monoisotopic (exact) mass is 373 g/mol. The van der Waals surface area contributed by atoms with Gasteiger partial charge in [-0.05, 0) is 30.7 Å². The number of hydrogen-bond acceptors (Lipinski definition) is 3. The first kappa shape index (κ1) is 13.5. The average Bonchev–Trinajstić information content (AvgIpc) is 2.81. The van der Waals surface area contributed by atoms with E-state index in [0.29, 0.717) is 6.54 Å². The molecule has 0 spiro atoms. The molecule has 0 bridgehead atoms. The lowest BCUT2D eigenvalue weighted by atomic mass is 10.2. The van der Waals surface area contributed by atoms with Gasteiger partial charge in [-0.3, -0.25) is 0 Å². The molecule has 1 unspecified atom stereocenters. The summed E-state index contributed by atoms with van der Waals surface area (Å²) < 4.78 is 8.06. The molecule has 0 aliphatic carbocycles. The normalized spacial score (nSPS) is 12.4. The van der Waals surface area contributed by atoms with Gasteiger partial charge in [0, 0.05) is 10.7 Å². The van der Waals surface area contributed by atoms with Crippen molar-refractivity contribution in [1.29, 1.82) is 0 Å². The third kappa shape index (κ3) is 3.11. The fraction of sp³-hybridized carbons (Fsp3) is 0.333. The van der Waals surface area contributed by atoms with Gasteiger partial charge in [0.1, 0.15) is 5.75 Å². The van der Waals surface area contributed by atoms with Crippen molar-refractivity contribution in [3.8, 4) is 5.75 Å².